The third-order valence-corrected chi connectivity index (χ3v) is 3.20. The number of aliphatic hydroxyl groups is 1. The van der Waals surface area contributed by atoms with E-state index in [-0.39, 0.29) is 31.1 Å². The summed E-state index contributed by atoms with van der Waals surface area (Å²) in [4.78, 5) is 13.6. The van der Waals surface area contributed by atoms with E-state index in [1.807, 2.05) is 18.7 Å². The highest BCUT2D eigenvalue weighted by Gasteiger charge is 2.23. The van der Waals surface area contributed by atoms with Gasteiger partial charge < -0.3 is 14.7 Å². The highest BCUT2D eigenvalue weighted by Crippen LogP contribution is 2.15. The third kappa shape index (κ3) is 4.10. The Morgan fingerprint density at radius 1 is 1.62 bits per heavy atom. The van der Waals surface area contributed by atoms with Gasteiger partial charge in [0.05, 0.1) is 6.10 Å². The van der Waals surface area contributed by atoms with Gasteiger partial charge in [-0.3, -0.25) is 4.79 Å². The van der Waals surface area contributed by atoms with Gasteiger partial charge in [-0.1, -0.05) is 6.92 Å². The molecular weight excluding hydrogens is 206 g/mol. The molecule has 0 saturated carbocycles. The van der Waals surface area contributed by atoms with E-state index in [2.05, 4.69) is 0 Å². The van der Waals surface area contributed by atoms with Gasteiger partial charge in [0.25, 0.3) is 0 Å². The van der Waals surface area contributed by atoms with Crippen LogP contribution in [0, 0.1) is 5.92 Å². The Morgan fingerprint density at radius 3 is 3.00 bits per heavy atom. The van der Waals surface area contributed by atoms with Gasteiger partial charge in [0, 0.05) is 19.7 Å². The van der Waals surface area contributed by atoms with Crippen LogP contribution in [0.2, 0.25) is 0 Å². The van der Waals surface area contributed by atoms with E-state index in [0.717, 1.165) is 25.8 Å². The molecule has 0 spiro atoms. The standard InChI is InChI=1S/C12H23NO3/c1-3-10(2)16-9-12(15)13-6-4-5-11(7-13)8-14/h10-11,14H,3-9H2,1-2H3. The zero-order valence-corrected chi connectivity index (χ0v) is 10.3. The molecule has 0 bridgehead atoms. The summed E-state index contributed by atoms with van der Waals surface area (Å²) in [5.41, 5.74) is 0. The first-order valence-corrected chi connectivity index (χ1v) is 6.17. The number of piperidine rings is 1. The Kier molecular flexibility index (Phi) is 5.77. The molecule has 1 N–H and O–H groups in total. The number of hydrogen-bond donors (Lipinski definition) is 1. The van der Waals surface area contributed by atoms with Crippen LogP contribution in [0.15, 0.2) is 0 Å². The van der Waals surface area contributed by atoms with Crippen LogP contribution >= 0.6 is 0 Å². The second-order valence-electron chi connectivity index (χ2n) is 4.56. The Labute approximate surface area is 97.6 Å². The number of likely N-dealkylation sites (tertiary alicyclic amines) is 1. The Balaban J connectivity index is 2.30. The molecule has 1 fully saturated rings. The summed E-state index contributed by atoms with van der Waals surface area (Å²) in [7, 11) is 0. The van der Waals surface area contributed by atoms with Gasteiger partial charge >= 0.3 is 0 Å². The summed E-state index contributed by atoms with van der Waals surface area (Å²) in [6.45, 7) is 5.85. The number of nitrogens with zero attached hydrogens (tertiary/aromatic N) is 1. The van der Waals surface area contributed by atoms with E-state index < -0.39 is 0 Å². The molecule has 1 saturated heterocycles. The molecule has 94 valence electrons. The van der Waals surface area contributed by atoms with Crippen molar-refractivity contribution in [1.82, 2.24) is 4.90 Å². The van der Waals surface area contributed by atoms with Crippen molar-refractivity contribution in [3.05, 3.63) is 0 Å². The van der Waals surface area contributed by atoms with Gasteiger partial charge in [0.2, 0.25) is 5.91 Å². The van der Waals surface area contributed by atoms with E-state index in [1.54, 1.807) is 0 Å². The number of carbonyl (C=O) groups excluding carboxylic acids is 1. The minimum absolute atomic E-state index is 0.0541. The number of amides is 1. The summed E-state index contributed by atoms with van der Waals surface area (Å²) < 4.78 is 5.42. The van der Waals surface area contributed by atoms with Crippen LogP contribution in [-0.4, -0.2) is 48.3 Å². The molecule has 1 aliphatic heterocycles. The summed E-state index contributed by atoms with van der Waals surface area (Å²) in [6, 6.07) is 0. The topological polar surface area (TPSA) is 49.8 Å². The van der Waals surface area contributed by atoms with Crippen molar-refractivity contribution in [3.63, 3.8) is 0 Å². The molecule has 2 unspecified atom stereocenters. The maximum absolute atomic E-state index is 11.8. The van der Waals surface area contributed by atoms with Gasteiger partial charge in [-0.2, -0.15) is 0 Å². The van der Waals surface area contributed by atoms with Gasteiger partial charge in [-0.25, -0.2) is 0 Å². The first-order valence-electron chi connectivity index (χ1n) is 6.17. The normalized spacial score (nSPS) is 23.2. The highest BCUT2D eigenvalue weighted by molar-refractivity contribution is 5.77. The molecule has 1 rings (SSSR count). The molecule has 16 heavy (non-hydrogen) atoms. The first kappa shape index (κ1) is 13.5. The first-order chi connectivity index (χ1) is 7.67. The zero-order chi connectivity index (χ0) is 12.0. The van der Waals surface area contributed by atoms with E-state index in [1.165, 1.54) is 0 Å². The van der Waals surface area contributed by atoms with Gasteiger partial charge in [-0.05, 0) is 32.1 Å². The van der Waals surface area contributed by atoms with Crippen LogP contribution in [0.4, 0.5) is 0 Å². The van der Waals surface area contributed by atoms with Gasteiger partial charge in [0.1, 0.15) is 6.61 Å². The molecule has 1 aliphatic rings. The molecule has 1 amide bonds. The van der Waals surface area contributed by atoms with Crippen molar-refractivity contribution in [2.24, 2.45) is 5.92 Å². The number of ether oxygens (including phenoxy) is 1. The minimum atomic E-state index is 0.0541. The lowest BCUT2D eigenvalue weighted by Gasteiger charge is -2.32. The van der Waals surface area contributed by atoms with Crippen LogP contribution in [0.1, 0.15) is 33.1 Å². The second-order valence-corrected chi connectivity index (χ2v) is 4.56. The molecule has 0 aromatic rings. The number of hydrogen-bond acceptors (Lipinski definition) is 3. The monoisotopic (exact) mass is 229 g/mol. The van der Waals surface area contributed by atoms with Gasteiger partial charge in [0.15, 0.2) is 0 Å². The maximum atomic E-state index is 11.8. The largest absolute Gasteiger partial charge is 0.396 e. The average Bonchev–Trinajstić information content (AvgIpc) is 2.35. The molecule has 4 nitrogen and oxygen atoms in total. The molecule has 0 radical (unpaired) electrons. The van der Waals surface area contributed by atoms with E-state index in [0.29, 0.717) is 6.54 Å². The average molecular weight is 229 g/mol. The van der Waals surface area contributed by atoms with Crippen LogP contribution in [0.25, 0.3) is 0 Å². The SMILES string of the molecule is CCC(C)OCC(=O)N1CCCC(CO)C1. The summed E-state index contributed by atoms with van der Waals surface area (Å²) in [6.07, 6.45) is 3.07. The Bertz CT molecular complexity index is 220. The fraction of sp³-hybridized carbons (Fsp3) is 0.917. The third-order valence-electron chi connectivity index (χ3n) is 3.20. The fourth-order valence-electron chi connectivity index (χ4n) is 1.86. The maximum Gasteiger partial charge on any atom is 0.248 e. The van der Waals surface area contributed by atoms with Crippen molar-refractivity contribution in [2.45, 2.75) is 39.2 Å². The van der Waals surface area contributed by atoms with E-state index in [9.17, 15) is 4.79 Å². The number of carbonyl (C=O) groups is 1. The molecular formula is C12H23NO3. The van der Waals surface area contributed by atoms with Crippen LogP contribution in [-0.2, 0) is 9.53 Å². The summed E-state index contributed by atoms with van der Waals surface area (Å²) in [5, 5.41) is 9.08. The van der Waals surface area contributed by atoms with Crippen molar-refractivity contribution in [3.8, 4) is 0 Å². The molecule has 2 atom stereocenters. The summed E-state index contributed by atoms with van der Waals surface area (Å²) in [5.74, 6) is 0.305. The smallest absolute Gasteiger partial charge is 0.248 e. The van der Waals surface area contributed by atoms with Crippen molar-refractivity contribution >= 4 is 5.91 Å². The quantitative estimate of drug-likeness (QED) is 0.766. The molecule has 1 heterocycles. The highest BCUT2D eigenvalue weighted by atomic mass is 16.5. The predicted octanol–water partition coefficient (Wildman–Crippen LogP) is 1.03. The Morgan fingerprint density at radius 2 is 2.38 bits per heavy atom. The second kappa shape index (κ2) is 6.86. The molecule has 0 aromatic carbocycles. The lowest BCUT2D eigenvalue weighted by molar-refractivity contribution is -0.140. The van der Waals surface area contributed by atoms with Crippen molar-refractivity contribution in [2.75, 3.05) is 26.3 Å². The van der Waals surface area contributed by atoms with Crippen molar-refractivity contribution < 1.29 is 14.6 Å². The van der Waals surface area contributed by atoms with E-state index in [4.69, 9.17) is 9.84 Å². The molecule has 4 heteroatoms. The summed E-state index contributed by atoms with van der Waals surface area (Å²) >= 11 is 0. The number of aliphatic hydroxyl groups excluding tert-OH is 1. The molecule has 0 aromatic heterocycles. The predicted molar refractivity (Wildman–Crippen MR) is 62.1 cm³/mol. The zero-order valence-electron chi connectivity index (χ0n) is 10.3. The van der Waals surface area contributed by atoms with Gasteiger partial charge in [-0.15, -0.1) is 0 Å². The van der Waals surface area contributed by atoms with Crippen LogP contribution in [0.3, 0.4) is 0 Å². The lowest BCUT2D eigenvalue weighted by atomic mass is 9.99. The minimum Gasteiger partial charge on any atom is -0.396 e. The number of rotatable bonds is 5. The van der Waals surface area contributed by atoms with Crippen LogP contribution < -0.4 is 0 Å². The van der Waals surface area contributed by atoms with E-state index >= 15 is 0 Å². The Hall–Kier alpha value is -0.610. The van der Waals surface area contributed by atoms with Crippen LogP contribution in [0.5, 0.6) is 0 Å². The lowest BCUT2D eigenvalue weighted by Crippen LogP contribution is -2.43. The van der Waals surface area contributed by atoms with Crippen molar-refractivity contribution in [1.29, 1.82) is 0 Å². The fourth-order valence-corrected chi connectivity index (χ4v) is 1.86. The molecule has 0 aliphatic carbocycles.